The SMILES string of the molecule is CCCCCCCC[N+](CCCCCCCC)(CCCCCCCC)CCCCCCCC.CCCCCCCC[N+](CCCCCCCC)(CCCCCCCC)CCCCCCCC.O=C(O)c1ccc(S(=O)c2ccc(C(=O)O)cc2)cc1. The van der Waals surface area contributed by atoms with E-state index in [1.807, 2.05) is 0 Å². The Kier molecular flexibility index (Phi) is 59.5. The Balaban J connectivity index is 0.00000130. The molecule has 0 fully saturated rings. The molecule has 8 heteroatoms. The van der Waals surface area contributed by atoms with E-state index in [2.05, 4.69) is 55.4 Å². The Hall–Kier alpha value is -2.55. The molecule has 0 unspecified atom stereocenters. The van der Waals surface area contributed by atoms with Gasteiger partial charge in [-0.05, 0) is 151 Å². The molecule has 0 aliphatic rings. The molecule has 0 saturated carbocycles. The number of benzene rings is 2. The van der Waals surface area contributed by atoms with Gasteiger partial charge in [-0.2, -0.15) is 0 Å². The highest BCUT2D eigenvalue weighted by Crippen LogP contribution is 2.24. The Morgan fingerprint density at radius 2 is 0.395 bits per heavy atom. The molecular weight excluding hydrogens is 1080 g/mol. The third-order valence-corrected chi connectivity index (χ3v) is 19.9. The first kappa shape index (κ1) is 83.5. The number of hydrogen-bond donors (Lipinski definition) is 2. The normalized spacial score (nSPS) is 11.6. The number of aromatic carboxylic acids is 2. The van der Waals surface area contributed by atoms with Gasteiger partial charge in [0.25, 0.3) is 0 Å². The van der Waals surface area contributed by atoms with Gasteiger partial charge in [-0.3, -0.25) is 0 Å². The first-order chi connectivity index (χ1) is 42.0. The van der Waals surface area contributed by atoms with E-state index in [-0.39, 0.29) is 11.1 Å². The summed E-state index contributed by atoms with van der Waals surface area (Å²) in [4.78, 5) is 22.4. The summed E-state index contributed by atoms with van der Waals surface area (Å²) >= 11 is 0. The van der Waals surface area contributed by atoms with E-state index < -0.39 is 22.7 Å². The second-order valence-corrected chi connectivity index (χ2v) is 28.0. The average Bonchev–Trinajstić information content (AvgIpc) is 3.63. The van der Waals surface area contributed by atoms with Crippen LogP contribution < -0.4 is 0 Å². The van der Waals surface area contributed by atoms with Crippen LogP contribution in [0.15, 0.2) is 58.3 Å². The lowest BCUT2D eigenvalue weighted by Crippen LogP contribution is -2.50. The summed E-state index contributed by atoms with van der Waals surface area (Å²) in [5.74, 6) is -2.10. The second-order valence-electron chi connectivity index (χ2n) is 26.5. The number of unbranched alkanes of at least 4 members (excludes halogenated alkanes) is 40. The first-order valence-electron chi connectivity index (χ1n) is 37.8. The summed E-state index contributed by atoms with van der Waals surface area (Å²) in [6.07, 6.45) is 69.5. The molecule has 0 aliphatic heterocycles. The van der Waals surface area contributed by atoms with Gasteiger partial charge in [0.2, 0.25) is 0 Å². The summed E-state index contributed by atoms with van der Waals surface area (Å²) in [5.41, 5.74) is 0.235. The van der Waals surface area contributed by atoms with E-state index in [0.717, 1.165) is 0 Å². The molecule has 502 valence electrons. The minimum atomic E-state index is -1.48. The Morgan fingerprint density at radius 1 is 0.256 bits per heavy atom. The molecule has 0 aliphatic carbocycles. The van der Waals surface area contributed by atoms with E-state index >= 15 is 0 Å². The molecule has 0 amide bonds. The van der Waals surface area contributed by atoms with Crippen molar-refractivity contribution in [2.24, 2.45) is 0 Å². The Labute approximate surface area is 538 Å². The molecule has 7 nitrogen and oxygen atoms in total. The fourth-order valence-electron chi connectivity index (χ4n) is 12.7. The van der Waals surface area contributed by atoms with Gasteiger partial charge >= 0.3 is 11.9 Å². The Morgan fingerprint density at radius 3 is 0.535 bits per heavy atom. The molecule has 2 N–H and O–H groups in total. The van der Waals surface area contributed by atoms with Crippen LogP contribution in [0.2, 0.25) is 0 Å². The van der Waals surface area contributed by atoms with Crippen LogP contribution in [0.3, 0.4) is 0 Å². The number of carbonyl (C=O) groups is 2. The number of rotatable bonds is 60. The minimum absolute atomic E-state index is 0.118. The van der Waals surface area contributed by atoms with Crippen molar-refractivity contribution < 1.29 is 33.0 Å². The third-order valence-electron chi connectivity index (χ3n) is 18.5. The van der Waals surface area contributed by atoms with Crippen LogP contribution in [0, 0.1) is 0 Å². The third kappa shape index (κ3) is 47.4. The van der Waals surface area contributed by atoms with E-state index in [1.165, 1.54) is 418 Å². The zero-order valence-corrected chi connectivity index (χ0v) is 59.5. The lowest BCUT2D eigenvalue weighted by Gasteiger charge is -2.40. The largest absolute Gasteiger partial charge is 0.478 e. The van der Waals surface area contributed by atoms with Crippen molar-refractivity contribution in [2.75, 3.05) is 52.4 Å². The quantitative estimate of drug-likeness (QED) is 0.0509. The van der Waals surface area contributed by atoms with Crippen molar-refractivity contribution in [3.8, 4) is 0 Å². The van der Waals surface area contributed by atoms with Crippen molar-refractivity contribution in [3.63, 3.8) is 0 Å². The van der Waals surface area contributed by atoms with Crippen LogP contribution in [-0.2, 0) is 10.8 Å². The number of nitrogens with zero attached hydrogens (tertiary/aromatic N) is 2. The van der Waals surface area contributed by atoms with Gasteiger partial charge in [-0.25, -0.2) is 13.8 Å². The summed E-state index contributed by atoms with van der Waals surface area (Å²) in [5, 5.41) is 17.6. The van der Waals surface area contributed by atoms with E-state index in [0.29, 0.717) is 9.79 Å². The summed E-state index contributed by atoms with van der Waals surface area (Å²) < 4.78 is 15.2. The second kappa shape index (κ2) is 61.3. The highest BCUT2D eigenvalue weighted by molar-refractivity contribution is 7.85. The zero-order valence-electron chi connectivity index (χ0n) is 58.6. The highest BCUT2D eigenvalue weighted by Gasteiger charge is 2.27. The van der Waals surface area contributed by atoms with Crippen LogP contribution in [0.4, 0.5) is 0 Å². The lowest BCUT2D eigenvalue weighted by atomic mass is 10.0. The highest BCUT2D eigenvalue weighted by atomic mass is 32.2. The van der Waals surface area contributed by atoms with Gasteiger partial charge in [0, 0.05) is 9.79 Å². The fraction of sp³-hybridized carbons (Fsp3) is 0.821. The van der Waals surface area contributed by atoms with Crippen LogP contribution in [0.5, 0.6) is 0 Å². The van der Waals surface area contributed by atoms with Crippen molar-refractivity contribution >= 4 is 22.7 Å². The Bertz CT molecular complexity index is 1520. The predicted molar refractivity (Wildman–Crippen MR) is 378 cm³/mol. The van der Waals surface area contributed by atoms with Crippen LogP contribution >= 0.6 is 0 Å². The molecule has 0 spiro atoms. The lowest BCUT2D eigenvalue weighted by molar-refractivity contribution is -0.929. The monoisotopic (exact) mass is 1220 g/mol. The smallest absolute Gasteiger partial charge is 0.335 e. The molecule has 0 atom stereocenters. The molecule has 2 aromatic carbocycles. The zero-order chi connectivity index (χ0) is 63.3. The summed E-state index contributed by atoms with van der Waals surface area (Å²) in [6, 6.07) is 11.4. The maximum Gasteiger partial charge on any atom is 0.335 e. The van der Waals surface area contributed by atoms with Crippen molar-refractivity contribution in [1.29, 1.82) is 0 Å². The molecular formula is C78H146N2O5S+2. The predicted octanol–water partition coefficient (Wildman–Crippen LogP) is 24.7. The summed E-state index contributed by atoms with van der Waals surface area (Å²) in [7, 11) is -1.48. The molecule has 0 heterocycles. The molecule has 2 rings (SSSR count). The number of quaternary nitrogens is 2. The topological polar surface area (TPSA) is 91.7 Å². The van der Waals surface area contributed by atoms with Crippen LogP contribution in [0.25, 0.3) is 0 Å². The average molecular weight is 1220 g/mol. The first-order valence-corrected chi connectivity index (χ1v) is 38.9. The van der Waals surface area contributed by atoms with Crippen LogP contribution in [0.1, 0.15) is 384 Å². The van der Waals surface area contributed by atoms with Gasteiger partial charge in [-0.15, -0.1) is 0 Å². The molecule has 86 heavy (non-hydrogen) atoms. The molecule has 0 aromatic heterocycles. The number of hydrogen-bond acceptors (Lipinski definition) is 3. The maximum absolute atomic E-state index is 12.2. The fourth-order valence-corrected chi connectivity index (χ4v) is 13.8. The van der Waals surface area contributed by atoms with Gasteiger partial charge in [0.15, 0.2) is 0 Å². The standard InChI is InChI=1S/2C32H68N.C14H10O5S/c2*1-5-9-13-17-21-25-29-33(30-26-22-18-14-10-6-2,31-27-23-19-15-11-7-3)32-28-24-20-16-12-8-4;15-13(16)9-1-5-11(6-2-9)20(19)12-7-3-10(4-8-12)14(17)18/h2*5-32H2,1-4H3;1-8H,(H,15,16)(H,17,18)/q2*+1;. The molecule has 2 aromatic rings. The van der Waals surface area contributed by atoms with Crippen LogP contribution in [-0.4, -0.2) is 87.7 Å². The van der Waals surface area contributed by atoms with Gasteiger partial charge in [0.1, 0.15) is 0 Å². The van der Waals surface area contributed by atoms with E-state index in [9.17, 15) is 13.8 Å². The van der Waals surface area contributed by atoms with Gasteiger partial charge in [0.05, 0.1) is 74.3 Å². The van der Waals surface area contributed by atoms with Crippen molar-refractivity contribution in [1.82, 2.24) is 0 Å². The van der Waals surface area contributed by atoms with E-state index in [1.54, 1.807) is 0 Å². The maximum atomic E-state index is 12.2. The minimum Gasteiger partial charge on any atom is -0.478 e. The van der Waals surface area contributed by atoms with Gasteiger partial charge in [-0.1, -0.05) is 261 Å². The van der Waals surface area contributed by atoms with Crippen molar-refractivity contribution in [2.45, 2.75) is 373 Å². The number of carboxylic acid groups (broad SMARTS) is 2. The number of carboxylic acids is 2. The molecule has 0 bridgehead atoms. The molecule has 0 saturated heterocycles. The van der Waals surface area contributed by atoms with Crippen molar-refractivity contribution in [3.05, 3.63) is 59.7 Å². The molecule has 0 radical (unpaired) electrons. The summed E-state index contributed by atoms with van der Waals surface area (Å²) in [6.45, 7) is 30.5. The van der Waals surface area contributed by atoms with Gasteiger partial charge < -0.3 is 19.2 Å². The van der Waals surface area contributed by atoms with E-state index in [4.69, 9.17) is 10.2 Å².